The third-order valence-corrected chi connectivity index (χ3v) is 5.44. The molecule has 1 aromatic heterocycles. The number of nitrogens with one attached hydrogen (secondary N) is 1. The van der Waals surface area contributed by atoms with Crippen molar-refractivity contribution >= 4 is 23.5 Å². The van der Waals surface area contributed by atoms with Crippen LogP contribution in [0.1, 0.15) is 33.1 Å². The number of anilines is 1. The van der Waals surface area contributed by atoms with Gasteiger partial charge in [0.05, 0.1) is 11.9 Å². The van der Waals surface area contributed by atoms with Crippen molar-refractivity contribution < 1.29 is 49.0 Å². The van der Waals surface area contributed by atoms with Gasteiger partial charge in [0, 0.05) is 30.0 Å². The van der Waals surface area contributed by atoms with Crippen LogP contribution in [0.2, 0.25) is 0 Å². The molecule has 3 unspecified atom stereocenters. The number of pyridine rings is 1. The molecule has 2 aliphatic rings. The Bertz CT molecular complexity index is 697. The first-order chi connectivity index (χ1) is 11.9. The van der Waals surface area contributed by atoms with Gasteiger partial charge < -0.3 is 20.1 Å². The van der Waals surface area contributed by atoms with Gasteiger partial charge in [-0.3, -0.25) is 14.6 Å². The molecular formula is C18H22N3NaO4. The minimum atomic E-state index is -1.19. The Morgan fingerprint density at radius 2 is 2.15 bits per heavy atom. The third-order valence-electron chi connectivity index (χ3n) is 5.44. The molecular weight excluding hydrogens is 345 g/mol. The summed E-state index contributed by atoms with van der Waals surface area (Å²) in [5.74, 6) is -2.56. The minimum Gasteiger partial charge on any atom is -0.550 e. The van der Waals surface area contributed by atoms with E-state index in [9.17, 15) is 19.5 Å². The van der Waals surface area contributed by atoms with E-state index in [0.717, 1.165) is 6.42 Å². The van der Waals surface area contributed by atoms with Crippen LogP contribution in [0.5, 0.6) is 0 Å². The smallest absolute Gasteiger partial charge is 0.550 e. The number of nitrogens with zero attached hydrogens (tertiary/aromatic N) is 2. The molecule has 2 amide bonds. The standard InChI is InChI=1S/C18H23N3O4.Na/c1-11(2)18(17(24)25)9-13(18)15(22)20-14-6-4-8-21(16(14)23)12-5-3-7-19-10-12;/h3,5,7,10-11,13-14H,4,6,8-9H2,1-2H3,(H,20,22)(H,24,25);/q;+1/p-1. The van der Waals surface area contributed by atoms with Crippen molar-refractivity contribution in [2.24, 2.45) is 17.3 Å². The molecule has 1 N–H and O–H groups in total. The van der Waals surface area contributed by atoms with Crippen LogP contribution in [-0.2, 0) is 14.4 Å². The van der Waals surface area contributed by atoms with Gasteiger partial charge in [0.2, 0.25) is 11.8 Å². The number of piperidine rings is 1. The van der Waals surface area contributed by atoms with Crippen LogP contribution in [0, 0.1) is 17.3 Å². The third kappa shape index (κ3) is 3.66. The fourth-order valence-corrected chi connectivity index (χ4v) is 3.76. The Labute approximate surface area is 174 Å². The SMILES string of the molecule is CC(C)C1(C(=O)[O-])CC1C(=O)NC1CCCN(c2cccnc2)C1=O.[Na+]. The number of carboxylic acids is 1. The molecule has 1 aromatic rings. The van der Waals surface area contributed by atoms with Crippen LogP contribution in [-0.4, -0.2) is 35.4 Å². The molecule has 1 aliphatic heterocycles. The normalized spacial score (nSPS) is 27.7. The zero-order chi connectivity index (χ0) is 18.2. The molecule has 1 saturated heterocycles. The first-order valence-corrected chi connectivity index (χ1v) is 8.61. The van der Waals surface area contributed by atoms with E-state index in [-0.39, 0.29) is 53.7 Å². The summed E-state index contributed by atoms with van der Waals surface area (Å²) in [5, 5.41) is 14.2. The van der Waals surface area contributed by atoms with Gasteiger partial charge in [0.25, 0.3) is 0 Å². The van der Waals surface area contributed by atoms with E-state index in [1.807, 2.05) is 0 Å². The quantitative estimate of drug-likeness (QED) is 0.563. The second kappa shape index (κ2) is 8.06. The Morgan fingerprint density at radius 3 is 2.69 bits per heavy atom. The molecule has 1 saturated carbocycles. The molecule has 2 heterocycles. The van der Waals surface area contributed by atoms with Gasteiger partial charge >= 0.3 is 29.6 Å². The monoisotopic (exact) mass is 367 g/mol. The van der Waals surface area contributed by atoms with Crippen molar-refractivity contribution in [1.29, 1.82) is 0 Å². The first kappa shape index (κ1) is 20.9. The molecule has 3 atom stereocenters. The molecule has 8 heteroatoms. The molecule has 0 bridgehead atoms. The Kier molecular flexibility index (Phi) is 6.47. The second-order valence-corrected chi connectivity index (χ2v) is 7.14. The summed E-state index contributed by atoms with van der Waals surface area (Å²) in [6.45, 7) is 4.13. The number of carboxylic acid groups (broad SMARTS) is 1. The largest absolute Gasteiger partial charge is 1.00 e. The van der Waals surface area contributed by atoms with Gasteiger partial charge in [-0.15, -0.1) is 0 Å². The molecule has 7 nitrogen and oxygen atoms in total. The number of rotatable bonds is 5. The molecule has 0 spiro atoms. The second-order valence-electron chi connectivity index (χ2n) is 7.14. The van der Waals surface area contributed by atoms with Crippen LogP contribution in [0.4, 0.5) is 5.69 Å². The van der Waals surface area contributed by atoms with E-state index in [2.05, 4.69) is 10.3 Å². The fourth-order valence-electron chi connectivity index (χ4n) is 3.76. The average molecular weight is 367 g/mol. The average Bonchev–Trinajstić information content (AvgIpc) is 3.35. The Morgan fingerprint density at radius 1 is 1.42 bits per heavy atom. The maximum absolute atomic E-state index is 12.7. The first-order valence-electron chi connectivity index (χ1n) is 8.61. The molecule has 0 radical (unpaired) electrons. The zero-order valence-corrected chi connectivity index (χ0v) is 17.4. The minimum absolute atomic E-state index is 0. The van der Waals surface area contributed by atoms with Crippen LogP contribution >= 0.6 is 0 Å². The van der Waals surface area contributed by atoms with Crippen LogP contribution < -0.4 is 44.9 Å². The molecule has 0 aromatic carbocycles. The zero-order valence-electron chi connectivity index (χ0n) is 15.4. The molecule has 26 heavy (non-hydrogen) atoms. The summed E-state index contributed by atoms with van der Waals surface area (Å²) in [6.07, 6.45) is 4.82. The summed E-state index contributed by atoms with van der Waals surface area (Å²) in [7, 11) is 0. The molecule has 1 aliphatic carbocycles. The van der Waals surface area contributed by atoms with Crippen molar-refractivity contribution in [3.63, 3.8) is 0 Å². The van der Waals surface area contributed by atoms with Crippen molar-refractivity contribution in [3.8, 4) is 0 Å². The van der Waals surface area contributed by atoms with Gasteiger partial charge in [-0.25, -0.2) is 0 Å². The number of hydrogen-bond donors (Lipinski definition) is 1. The van der Waals surface area contributed by atoms with Crippen LogP contribution in [0.15, 0.2) is 24.5 Å². The summed E-state index contributed by atoms with van der Waals surface area (Å²) in [5.41, 5.74) is -0.408. The summed E-state index contributed by atoms with van der Waals surface area (Å²) < 4.78 is 0. The Balaban J connectivity index is 0.00000243. The maximum Gasteiger partial charge on any atom is 1.00 e. The number of amides is 2. The van der Waals surface area contributed by atoms with E-state index < -0.39 is 23.3 Å². The molecule has 134 valence electrons. The van der Waals surface area contributed by atoms with Crippen molar-refractivity contribution in [2.45, 2.75) is 39.2 Å². The van der Waals surface area contributed by atoms with Crippen LogP contribution in [0.3, 0.4) is 0 Å². The number of carbonyl (C=O) groups excluding carboxylic acids is 3. The van der Waals surface area contributed by atoms with Crippen molar-refractivity contribution in [2.75, 3.05) is 11.4 Å². The summed E-state index contributed by atoms with van der Waals surface area (Å²) in [6, 6.07) is 2.93. The van der Waals surface area contributed by atoms with Gasteiger partial charge in [-0.1, -0.05) is 13.8 Å². The Hall–Kier alpha value is -1.44. The molecule has 2 fully saturated rings. The van der Waals surface area contributed by atoms with E-state index in [0.29, 0.717) is 18.7 Å². The van der Waals surface area contributed by atoms with Crippen molar-refractivity contribution in [3.05, 3.63) is 24.5 Å². The topological polar surface area (TPSA) is 102 Å². The number of aliphatic carboxylic acids is 1. The number of carbonyl (C=O) groups is 3. The van der Waals surface area contributed by atoms with Crippen LogP contribution in [0.25, 0.3) is 0 Å². The molecule has 3 rings (SSSR count). The fraction of sp³-hybridized carbons (Fsp3) is 0.556. The van der Waals surface area contributed by atoms with Gasteiger partial charge in [-0.05, 0) is 37.3 Å². The summed E-state index contributed by atoms with van der Waals surface area (Å²) in [4.78, 5) is 42.3. The predicted octanol–water partition coefficient (Wildman–Crippen LogP) is -2.89. The number of hydrogen-bond acceptors (Lipinski definition) is 5. The predicted molar refractivity (Wildman–Crippen MR) is 88.1 cm³/mol. The summed E-state index contributed by atoms with van der Waals surface area (Å²) >= 11 is 0. The maximum atomic E-state index is 12.7. The van der Waals surface area contributed by atoms with E-state index in [1.165, 1.54) is 0 Å². The van der Waals surface area contributed by atoms with E-state index in [4.69, 9.17) is 0 Å². The van der Waals surface area contributed by atoms with Gasteiger partial charge in [0.15, 0.2) is 0 Å². The van der Waals surface area contributed by atoms with Gasteiger partial charge in [0.1, 0.15) is 6.04 Å². The van der Waals surface area contributed by atoms with Gasteiger partial charge in [-0.2, -0.15) is 0 Å². The number of aromatic nitrogens is 1. The van der Waals surface area contributed by atoms with E-state index >= 15 is 0 Å². The van der Waals surface area contributed by atoms with Crippen molar-refractivity contribution in [1.82, 2.24) is 10.3 Å². The van der Waals surface area contributed by atoms with E-state index in [1.54, 1.807) is 43.3 Å².